The number of aromatic amines is 1. The van der Waals surface area contributed by atoms with Gasteiger partial charge in [-0.1, -0.05) is 0 Å². The molecule has 1 fully saturated rings. The number of nitrogens with zero attached hydrogens (tertiary/aromatic N) is 6. The molecule has 0 unspecified atom stereocenters. The van der Waals surface area contributed by atoms with Gasteiger partial charge in [-0.15, -0.1) is 0 Å². The molecular weight excluding hydrogens is 326 g/mol. The third-order valence-corrected chi connectivity index (χ3v) is 5.88. The molecule has 0 aromatic carbocycles. The minimum atomic E-state index is 0.485. The Labute approximate surface area is 153 Å². The number of hydrogen-bond donors (Lipinski definition) is 1. The maximum Gasteiger partial charge on any atom is 0.140 e. The third kappa shape index (κ3) is 2.34. The van der Waals surface area contributed by atoms with Crippen LogP contribution in [0.4, 0.5) is 5.82 Å². The number of rotatable bonds is 2. The summed E-state index contributed by atoms with van der Waals surface area (Å²) >= 11 is 0. The molecule has 2 aliphatic rings. The first-order valence-electron chi connectivity index (χ1n) is 9.48. The minimum absolute atomic E-state index is 0.485. The Morgan fingerprint density at radius 1 is 1.23 bits per heavy atom. The zero-order chi connectivity index (χ0) is 17.8. The average molecular weight is 351 g/mol. The molecule has 0 saturated carbocycles. The Balaban J connectivity index is 1.60. The van der Waals surface area contributed by atoms with E-state index in [9.17, 15) is 0 Å². The lowest BCUT2D eigenvalue weighted by atomic mass is 10.0. The quantitative estimate of drug-likeness (QED) is 0.769. The lowest BCUT2D eigenvalue weighted by Gasteiger charge is -2.40. The molecule has 136 valence electrons. The van der Waals surface area contributed by atoms with Gasteiger partial charge >= 0.3 is 0 Å². The van der Waals surface area contributed by atoms with Crippen molar-refractivity contribution in [3.63, 3.8) is 0 Å². The van der Waals surface area contributed by atoms with Gasteiger partial charge in [0.05, 0.1) is 23.1 Å². The molecule has 7 heteroatoms. The average Bonchev–Trinajstić information content (AvgIpc) is 3.19. The van der Waals surface area contributed by atoms with Gasteiger partial charge in [-0.25, -0.2) is 4.98 Å². The second kappa shape index (κ2) is 5.81. The summed E-state index contributed by atoms with van der Waals surface area (Å²) < 4.78 is 1.89. The lowest BCUT2D eigenvalue weighted by molar-refractivity contribution is 0.169. The van der Waals surface area contributed by atoms with Crippen LogP contribution in [0.15, 0.2) is 18.5 Å². The smallest absolute Gasteiger partial charge is 0.140 e. The molecule has 0 aliphatic carbocycles. The highest BCUT2D eigenvalue weighted by Crippen LogP contribution is 2.40. The first-order valence-corrected chi connectivity index (χ1v) is 9.48. The maximum atomic E-state index is 4.78. The molecule has 1 saturated heterocycles. The van der Waals surface area contributed by atoms with E-state index in [0.717, 1.165) is 66.1 Å². The molecule has 0 atom stereocenters. The highest BCUT2D eigenvalue weighted by atomic mass is 15.3. The van der Waals surface area contributed by atoms with Crippen LogP contribution in [0.1, 0.15) is 32.4 Å². The topological polar surface area (TPSA) is 65.9 Å². The molecule has 3 aromatic heterocycles. The lowest BCUT2D eigenvalue weighted by Crippen LogP contribution is -2.47. The van der Waals surface area contributed by atoms with Crippen LogP contribution in [-0.4, -0.2) is 55.0 Å². The largest absolute Gasteiger partial charge is 0.347 e. The molecule has 0 spiro atoms. The van der Waals surface area contributed by atoms with Crippen LogP contribution in [0, 0.1) is 0 Å². The van der Waals surface area contributed by atoms with Gasteiger partial charge in [-0.2, -0.15) is 10.2 Å². The number of hydrogen-bond acceptors (Lipinski definition) is 5. The summed E-state index contributed by atoms with van der Waals surface area (Å²) in [6.07, 6.45) is 6.28. The Kier molecular flexibility index (Phi) is 3.53. The predicted octanol–water partition coefficient (Wildman–Crippen LogP) is 2.55. The number of piperidine rings is 1. The normalized spacial score (nSPS) is 18.5. The van der Waals surface area contributed by atoms with E-state index in [-0.39, 0.29) is 0 Å². The fraction of sp³-hybridized carbons (Fsp3) is 0.526. The number of aryl methyl sites for hydroxylation is 1. The second-order valence-electron chi connectivity index (χ2n) is 7.78. The molecule has 0 bridgehead atoms. The van der Waals surface area contributed by atoms with Crippen molar-refractivity contribution in [2.24, 2.45) is 7.05 Å². The highest BCUT2D eigenvalue weighted by Gasteiger charge is 2.32. The summed E-state index contributed by atoms with van der Waals surface area (Å²) in [5, 5.41) is 13.6. The van der Waals surface area contributed by atoms with Crippen molar-refractivity contribution in [1.29, 1.82) is 0 Å². The van der Waals surface area contributed by atoms with Crippen molar-refractivity contribution in [2.45, 2.75) is 45.3 Å². The van der Waals surface area contributed by atoms with Crippen LogP contribution in [0.5, 0.6) is 0 Å². The molecule has 5 rings (SSSR count). The van der Waals surface area contributed by atoms with Crippen molar-refractivity contribution in [2.75, 3.05) is 18.0 Å². The fourth-order valence-corrected chi connectivity index (χ4v) is 4.46. The van der Waals surface area contributed by atoms with E-state index in [1.54, 1.807) is 0 Å². The van der Waals surface area contributed by atoms with E-state index in [2.05, 4.69) is 40.0 Å². The number of anilines is 1. The first kappa shape index (κ1) is 15.8. The SMILES string of the molecule is CC(C)N1CCC(N2Cc3nn(C)cc3-c3n[nH]c4ccnc2c34)CC1. The molecule has 1 N–H and O–H groups in total. The molecule has 2 aliphatic heterocycles. The van der Waals surface area contributed by atoms with E-state index >= 15 is 0 Å². The molecule has 7 nitrogen and oxygen atoms in total. The van der Waals surface area contributed by atoms with Crippen LogP contribution >= 0.6 is 0 Å². The van der Waals surface area contributed by atoms with Crippen LogP contribution in [0.3, 0.4) is 0 Å². The van der Waals surface area contributed by atoms with Gasteiger partial charge in [-0.3, -0.25) is 9.78 Å². The zero-order valence-electron chi connectivity index (χ0n) is 15.6. The van der Waals surface area contributed by atoms with Crippen molar-refractivity contribution in [3.8, 4) is 11.3 Å². The van der Waals surface area contributed by atoms with Gasteiger partial charge in [0.25, 0.3) is 0 Å². The fourth-order valence-electron chi connectivity index (χ4n) is 4.46. The van der Waals surface area contributed by atoms with Gasteiger partial charge in [-0.05, 0) is 32.8 Å². The van der Waals surface area contributed by atoms with Gasteiger partial charge < -0.3 is 9.80 Å². The zero-order valence-corrected chi connectivity index (χ0v) is 15.6. The van der Waals surface area contributed by atoms with Crippen molar-refractivity contribution in [1.82, 2.24) is 29.9 Å². The van der Waals surface area contributed by atoms with Gasteiger partial charge in [0, 0.05) is 50.2 Å². The molecular formula is C19H25N7. The number of H-pyrrole nitrogens is 1. The summed E-state index contributed by atoms with van der Waals surface area (Å²) in [6.45, 7) is 7.65. The number of likely N-dealkylation sites (tertiary alicyclic amines) is 1. The molecule has 5 heterocycles. The molecule has 0 amide bonds. The Morgan fingerprint density at radius 3 is 2.81 bits per heavy atom. The number of fused-ring (bicyclic) bond motifs is 2. The van der Waals surface area contributed by atoms with E-state index in [1.807, 2.05) is 24.0 Å². The highest BCUT2D eigenvalue weighted by molar-refractivity contribution is 6.02. The van der Waals surface area contributed by atoms with E-state index in [1.165, 1.54) is 0 Å². The van der Waals surface area contributed by atoms with Gasteiger partial charge in [0.1, 0.15) is 11.5 Å². The standard InChI is InChI=1S/C19H25N7/c1-12(2)25-8-5-13(6-9-25)26-11-16-14(10-24(3)23-16)18-17-15(21-22-18)4-7-20-19(17)26/h4,7,10,12-13H,5-6,8-9,11H2,1-3H3,(H,21,22). The Bertz CT molecular complexity index is 946. The van der Waals surface area contributed by atoms with Crippen LogP contribution in [0.2, 0.25) is 0 Å². The van der Waals surface area contributed by atoms with Crippen LogP contribution in [-0.2, 0) is 13.6 Å². The summed E-state index contributed by atoms with van der Waals surface area (Å²) in [5.74, 6) is 1.05. The second-order valence-corrected chi connectivity index (χ2v) is 7.78. The molecule has 26 heavy (non-hydrogen) atoms. The van der Waals surface area contributed by atoms with E-state index < -0.39 is 0 Å². The molecule has 3 aromatic rings. The molecule has 0 radical (unpaired) electrons. The van der Waals surface area contributed by atoms with Gasteiger partial charge in [0.2, 0.25) is 0 Å². The first-order chi connectivity index (χ1) is 12.6. The van der Waals surface area contributed by atoms with E-state index in [0.29, 0.717) is 12.1 Å². The summed E-state index contributed by atoms with van der Waals surface area (Å²) in [5.41, 5.74) is 4.24. The van der Waals surface area contributed by atoms with Crippen molar-refractivity contribution < 1.29 is 0 Å². The monoisotopic (exact) mass is 351 g/mol. The number of nitrogens with one attached hydrogen (secondary N) is 1. The number of pyridine rings is 1. The Hall–Kier alpha value is -2.41. The van der Waals surface area contributed by atoms with Crippen molar-refractivity contribution >= 4 is 16.7 Å². The van der Waals surface area contributed by atoms with E-state index in [4.69, 9.17) is 10.1 Å². The summed E-state index contributed by atoms with van der Waals surface area (Å²) in [6, 6.07) is 3.11. The predicted molar refractivity (Wildman–Crippen MR) is 102 cm³/mol. The Morgan fingerprint density at radius 2 is 2.04 bits per heavy atom. The third-order valence-electron chi connectivity index (χ3n) is 5.88. The summed E-state index contributed by atoms with van der Waals surface area (Å²) in [7, 11) is 1.98. The maximum absolute atomic E-state index is 4.78. The van der Waals surface area contributed by atoms with Crippen molar-refractivity contribution in [3.05, 3.63) is 24.2 Å². The minimum Gasteiger partial charge on any atom is -0.347 e. The summed E-state index contributed by atoms with van der Waals surface area (Å²) in [4.78, 5) is 9.82. The van der Waals surface area contributed by atoms with Crippen LogP contribution in [0.25, 0.3) is 22.2 Å². The number of aromatic nitrogens is 5. The van der Waals surface area contributed by atoms with Gasteiger partial charge in [0.15, 0.2) is 0 Å². The van der Waals surface area contributed by atoms with Crippen LogP contribution < -0.4 is 4.90 Å².